The number of carbonyl (C=O) groups excluding carboxylic acids is 1. The maximum Gasteiger partial charge on any atom is 0.340 e. The zero-order chi connectivity index (χ0) is 27.0. The SMILES string of the molecule is CC(OC1OC(C(=O)O)C(O)C(O)C1O)C(=O)Oc1cc(O)c2c(=O)cc(-c3ccc(O)cc3)oc2c1. The molecule has 1 saturated heterocycles. The number of ether oxygens (including phenoxy) is 3. The molecule has 13 heteroatoms. The number of benzene rings is 2. The Morgan fingerprint density at radius 1 is 0.973 bits per heavy atom. The summed E-state index contributed by atoms with van der Waals surface area (Å²) in [5.41, 5.74) is -0.230. The van der Waals surface area contributed by atoms with Gasteiger partial charge in [0.1, 0.15) is 52.3 Å². The van der Waals surface area contributed by atoms with Crippen LogP contribution in [0.15, 0.2) is 51.7 Å². The molecule has 2 heterocycles. The number of hydrogen-bond donors (Lipinski definition) is 6. The number of carboxylic acid groups (broad SMARTS) is 1. The van der Waals surface area contributed by atoms with E-state index in [1.807, 2.05) is 0 Å². The molecule has 13 nitrogen and oxygen atoms in total. The summed E-state index contributed by atoms with van der Waals surface area (Å²) in [7, 11) is 0. The van der Waals surface area contributed by atoms with Gasteiger partial charge in [-0.15, -0.1) is 0 Å². The van der Waals surface area contributed by atoms with Gasteiger partial charge in [0.05, 0.1) is 0 Å². The number of carbonyl (C=O) groups is 2. The quantitative estimate of drug-likeness (QED) is 0.189. The summed E-state index contributed by atoms with van der Waals surface area (Å²) in [4.78, 5) is 36.4. The van der Waals surface area contributed by atoms with Gasteiger partial charge < -0.3 is 49.3 Å². The van der Waals surface area contributed by atoms with E-state index in [4.69, 9.17) is 23.7 Å². The Morgan fingerprint density at radius 2 is 1.65 bits per heavy atom. The zero-order valence-electron chi connectivity index (χ0n) is 19.0. The summed E-state index contributed by atoms with van der Waals surface area (Å²) in [6, 6.07) is 9.13. The van der Waals surface area contributed by atoms with Gasteiger partial charge in [-0.3, -0.25) is 4.79 Å². The smallest absolute Gasteiger partial charge is 0.340 e. The highest BCUT2D eigenvalue weighted by atomic mass is 16.7. The van der Waals surface area contributed by atoms with Crippen LogP contribution in [0.4, 0.5) is 0 Å². The lowest BCUT2D eigenvalue weighted by Gasteiger charge is -2.39. The first-order chi connectivity index (χ1) is 17.5. The predicted molar refractivity (Wildman–Crippen MR) is 122 cm³/mol. The van der Waals surface area contributed by atoms with Gasteiger partial charge in [0.2, 0.25) is 0 Å². The summed E-state index contributed by atoms with van der Waals surface area (Å²) >= 11 is 0. The van der Waals surface area contributed by atoms with Gasteiger partial charge in [-0.1, -0.05) is 0 Å². The Balaban J connectivity index is 1.54. The van der Waals surface area contributed by atoms with Gasteiger partial charge in [0.15, 0.2) is 23.9 Å². The molecular weight excluding hydrogens is 496 g/mol. The standard InChI is InChI=1S/C24H22O13/c1-9(34-24-20(30)18(28)19(29)21(37-24)22(31)32)23(33)35-12-6-13(26)17-14(27)8-15(36-16(17)7-12)10-2-4-11(25)5-3-10/h2-9,18-21,24-26,28-30H,1H3,(H,31,32). The van der Waals surface area contributed by atoms with E-state index in [0.29, 0.717) is 5.56 Å². The molecule has 1 aliphatic rings. The third-order valence-electron chi connectivity index (χ3n) is 5.64. The van der Waals surface area contributed by atoms with Crippen molar-refractivity contribution >= 4 is 22.9 Å². The van der Waals surface area contributed by atoms with E-state index in [1.165, 1.54) is 37.3 Å². The molecule has 0 saturated carbocycles. The first kappa shape index (κ1) is 26.1. The normalized spacial score (nSPS) is 24.5. The molecular formula is C24H22O13. The van der Waals surface area contributed by atoms with Gasteiger partial charge in [-0.05, 0) is 31.2 Å². The monoisotopic (exact) mass is 518 g/mol. The van der Waals surface area contributed by atoms with Crippen molar-refractivity contribution in [1.29, 1.82) is 0 Å². The fraction of sp³-hybridized carbons (Fsp3) is 0.292. The van der Waals surface area contributed by atoms with Gasteiger partial charge in [0.25, 0.3) is 0 Å². The fourth-order valence-corrected chi connectivity index (χ4v) is 3.69. The first-order valence-corrected chi connectivity index (χ1v) is 10.9. The van der Waals surface area contributed by atoms with Crippen LogP contribution in [0.1, 0.15) is 6.92 Å². The summed E-state index contributed by atoms with van der Waals surface area (Å²) < 4.78 is 21.1. The minimum Gasteiger partial charge on any atom is -0.508 e. The van der Waals surface area contributed by atoms with Gasteiger partial charge >= 0.3 is 11.9 Å². The minimum absolute atomic E-state index is 0.00498. The van der Waals surface area contributed by atoms with E-state index in [9.17, 15) is 39.9 Å². The predicted octanol–water partition coefficient (Wildman–Crippen LogP) is 0.0739. The highest BCUT2D eigenvalue weighted by Gasteiger charge is 2.48. The molecule has 4 rings (SSSR count). The Labute approximate surface area is 207 Å². The number of aliphatic carboxylic acids is 1. The molecule has 2 aromatic carbocycles. The van der Waals surface area contributed by atoms with Crippen LogP contribution >= 0.6 is 0 Å². The lowest BCUT2D eigenvalue weighted by atomic mass is 9.99. The molecule has 196 valence electrons. The molecule has 37 heavy (non-hydrogen) atoms. The summed E-state index contributed by atoms with van der Waals surface area (Å²) in [5.74, 6) is -3.34. The van der Waals surface area contributed by atoms with Gasteiger partial charge in [0, 0.05) is 23.8 Å². The second-order valence-electron chi connectivity index (χ2n) is 8.27. The highest BCUT2D eigenvalue weighted by Crippen LogP contribution is 2.32. The van der Waals surface area contributed by atoms with Crippen molar-refractivity contribution in [2.75, 3.05) is 0 Å². The summed E-state index contributed by atoms with van der Waals surface area (Å²) in [5, 5.41) is 58.4. The Hall–Kier alpha value is -4.01. The third kappa shape index (κ3) is 5.26. The van der Waals surface area contributed by atoms with Gasteiger partial charge in [-0.2, -0.15) is 0 Å². The van der Waals surface area contributed by atoms with Gasteiger partial charge in [-0.25, -0.2) is 9.59 Å². The molecule has 6 unspecified atom stereocenters. The van der Waals surface area contributed by atoms with Crippen molar-refractivity contribution in [2.24, 2.45) is 0 Å². The molecule has 1 aliphatic heterocycles. The summed E-state index contributed by atoms with van der Waals surface area (Å²) in [6.07, 6.45) is -10.9. The van der Waals surface area contributed by atoms with E-state index in [-0.39, 0.29) is 28.2 Å². The van der Waals surface area contributed by atoms with Crippen molar-refractivity contribution in [3.05, 3.63) is 52.7 Å². The second kappa shape index (κ2) is 10.2. The third-order valence-corrected chi connectivity index (χ3v) is 5.64. The van der Waals surface area contributed by atoms with E-state index in [2.05, 4.69) is 0 Å². The lowest BCUT2D eigenvalue weighted by molar-refractivity contribution is -0.301. The van der Waals surface area contributed by atoms with Crippen molar-refractivity contribution < 1.29 is 58.9 Å². The number of fused-ring (bicyclic) bond motifs is 1. The largest absolute Gasteiger partial charge is 0.508 e. The lowest BCUT2D eigenvalue weighted by Crippen LogP contribution is -2.61. The van der Waals surface area contributed by atoms with Crippen molar-refractivity contribution in [1.82, 2.24) is 0 Å². The Kier molecular flexibility index (Phi) is 7.16. The number of aliphatic hydroxyl groups is 3. The number of hydrogen-bond acceptors (Lipinski definition) is 12. The van der Waals surface area contributed by atoms with E-state index in [0.717, 1.165) is 12.1 Å². The highest BCUT2D eigenvalue weighted by molar-refractivity contribution is 5.87. The molecule has 0 amide bonds. The number of phenolic OH excluding ortho intramolecular Hbond substituents is 2. The van der Waals surface area contributed by atoms with Crippen molar-refractivity contribution in [3.8, 4) is 28.6 Å². The average molecular weight is 518 g/mol. The first-order valence-electron chi connectivity index (χ1n) is 10.9. The van der Waals surface area contributed by atoms with Crippen molar-refractivity contribution in [3.63, 3.8) is 0 Å². The van der Waals surface area contributed by atoms with Crippen LogP contribution in [-0.2, 0) is 19.1 Å². The van der Waals surface area contributed by atoms with Crippen LogP contribution in [-0.4, -0.2) is 79.4 Å². The molecule has 0 radical (unpaired) electrons. The van der Waals surface area contributed by atoms with E-state index < -0.39 is 59.9 Å². The molecule has 1 aromatic heterocycles. The molecule has 0 aliphatic carbocycles. The van der Waals surface area contributed by atoms with Crippen LogP contribution in [0.2, 0.25) is 0 Å². The molecule has 0 bridgehead atoms. The fourth-order valence-electron chi connectivity index (χ4n) is 3.69. The van der Waals surface area contributed by atoms with Crippen LogP contribution < -0.4 is 10.2 Å². The molecule has 6 N–H and O–H groups in total. The minimum atomic E-state index is -1.93. The maximum atomic E-state index is 12.6. The van der Waals surface area contributed by atoms with E-state index >= 15 is 0 Å². The number of rotatable bonds is 6. The molecule has 6 atom stereocenters. The zero-order valence-corrected chi connectivity index (χ0v) is 19.0. The van der Waals surface area contributed by atoms with Crippen LogP contribution in [0.3, 0.4) is 0 Å². The second-order valence-corrected chi connectivity index (χ2v) is 8.27. The van der Waals surface area contributed by atoms with Crippen LogP contribution in [0.5, 0.6) is 17.2 Å². The average Bonchev–Trinajstić information content (AvgIpc) is 2.83. The number of aliphatic hydroxyl groups excluding tert-OH is 3. The number of esters is 1. The topological polar surface area (TPSA) is 213 Å². The van der Waals surface area contributed by atoms with Crippen molar-refractivity contribution in [2.45, 2.75) is 43.7 Å². The maximum absolute atomic E-state index is 12.6. The Morgan fingerprint density at radius 3 is 2.30 bits per heavy atom. The Bertz CT molecular complexity index is 1380. The number of phenols is 2. The molecule has 1 fully saturated rings. The van der Waals surface area contributed by atoms with Crippen LogP contribution in [0.25, 0.3) is 22.3 Å². The summed E-state index contributed by atoms with van der Waals surface area (Å²) in [6.45, 7) is 1.19. The van der Waals surface area contributed by atoms with E-state index in [1.54, 1.807) is 0 Å². The molecule has 0 spiro atoms. The molecule has 3 aromatic rings. The number of aromatic hydroxyl groups is 2. The van der Waals surface area contributed by atoms with Crippen LogP contribution in [0, 0.1) is 0 Å². The number of carboxylic acids is 1.